The summed E-state index contributed by atoms with van der Waals surface area (Å²) in [5, 5.41) is 3.06. The Balaban J connectivity index is 0.00000200. The van der Waals surface area contributed by atoms with E-state index < -0.39 is 0 Å². The quantitative estimate of drug-likeness (QED) is 0.897. The second kappa shape index (κ2) is 7.09. The minimum Gasteiger partial charge on any atom is -0.327 e. The molecule has 1 fully saturated rings. The van der Waals surface area contributed by atoms with Crippen LogP contribution in [-0.4, -0.2) is 11.9 Å². The second-order valence-electron chi connectivity index (χ2n) is 5.88. The van der Waals surface area contributed by atoms with Crippen molar-refractivity contribution in [2.45, 2.75) is 52.5 Å². The lowest BCUT2D eigenvalue weighted by Crippen LogP contribution is -2.28. The van der Waals surface area contributed by atoms with Crippen LogP contribution in [0, 0.1) is 26.7 Å². The number of hydrogen-bond donors (Lipinski definition) is 2. The molecule has 1 aliphatic rings. The average molecular weight is 297 g/mol. The molecule has 0 bridgehead atoms. The largest absolute Gasteiger partial charge is 0.327 e. The first-order valence-corrected chi connectivity index (χ1v) is 7.10. The van der Waals surface area contributed by atoms with Gasteiger partial charge >= 0.3 is 0 Å². The molecule has 1 aliphatic carbocycles. The molecule has 0 aromatic heterocycles. The van der Waals surface area contributed by atoms with Gasteiger partial charge < -0.3 is 11.1 Å². The van der Waals surface area contributed by atoms with E-state index in [0.29, 0.717) is 12.3 Å². The van der Waals surface area contributed by atoms with Gasteiger partial charge in [0.25, 0.3) is 0 Å². The lowest BCUT2D eigenvalue weighted by atomic mass is 9.99. The lowest BCUT2D eigenvalue weighted by Gasteiger charge is -2.17. The standard InChI is InChI=1S/C16H24N2O.ClH/c1-10-7-11(2)16(12(3)8-10)18-15(19)9-13-5-4-6-14(13)17;/h7-8,13-14H,4-6,9,17H2,1-3H3,(H,18,19);1H/t13-,14+;/m0./s1. The average Bonchev–Trinajstić information content (AvgIpc) is 2.69. The van der Waals surface area contributed by atoms with Crippen LogP contribution >= 0.6 is 12.4 Å². The highest BCUT2D eigenvalue weighted by atomic mass is 35.5. The minimum atomic E-state index is 0. The fraction of sp³-hybridized carbons (Fsp3) is 0.562. The third kappa shape index (κ3) is 3.97. The van der Waals surface area contributed by atoms with E-state index in [1.54, 1.807) is 0 Å². The number of amides is 1. The Kier molecular flexibility index (Phi) is 6.03. The van der Waals surface area contributed by atoms with E-state index in [1.165, 1.54) is 5.56 Å². The van der Waals surface area contributed by atoms with Gasteiger partial charge in [0.2, 0.25) is 5.91 Å². The Hall–Kier alpha value is -1.06. The summed E-state index contributed by atoms with van der Waals surface area (Å²) in [6, 6.07) is 4.40. The van der Waals surface area contributed by atoms with Crippen molar-refractivity contribution in [3.63, 3.8) is 0 Å². The SMILES string of the molecule is Cc1cc(C)c(NC(=O)C[C@@H]2CCC[C@H]2N)c(C)c1.Cl. The summed E-state index contributed by atoms with van der Waals surface area (Å²) >= 11 is 0. The van der Waals surface area contributed by atoms with Gasteiger partial charge in [-0.15, -0.1) is 12.4 Å². The molecule has 2 atom stereocenters. The third-order valence-corrected chi connectivity index (χ3v) is 4.11. The van der Waals surface area contributed by atoms with Crippen molar-refractivity contribution in [1.82, 2.24) is 0 Å². The van der Waals surface area contributed by atoms with Gasteiger partial charge in [-0.3, -0.25) is 4.79 Å². The van der Waals surface area contributed by atoms with Gasteiger partial charge in [-0.25, -0.2) is 0 Å². The summed E-state index contributed by atoms with van der Waals surface area (Å²) in [7, 11) is 0. The van der Waals surface area contributed by atoms with Crippen LogP contribution in [0.1, 0.15) is 42.4 Å². The fourth-order valence-electron chi connectivity index (χ4n) is 3.12. The molecule has 3 nitrogen and oxygen atoms in total. The molecular weight excluding hydrogens is 272 g/mol. The summed E-state index contributed by atoms with van der Waals surface area (Å²) in [6.07, 6.45) is 3.84. The molecule has 1 aromatic carbocycles. The first kappa shape index (κ1) is 17.0. The van der Waals surface area contributed by atoms with E-state index in [1.807, 2.05) is 13.8 Å². The minimum absolute atomic E-state index is 0. The number of anilines is 1. The van der Waals surface area contributed by atoms with Gasteiger partial charge in [0, 0.05) is 18.2 Å². The predicted octanol–water partition coefficient (Wildman–Crippen LogP) is 3.49. The zero-order valence-corrected chi connectivity index (χ0v) is 13.3. The van der Waals surface area contributed by atoms with Crippen LogP contribution in [0.2, 0.25) is 0 Å². The topological polar surface area (TPSA) is 55.1 Å². The molecule has 1 aromatic rings. The monoisotopic (exact) mass is 296 g/mol. The van der Waals surface area contributed by atoms with E-state index in [9.17, 15) is 4.79 Å². The van der Waals surface area contributed by atoms with Crippen molar-refractivity contribution >= 4 is 24.0 Å². The molecule has 2 rings (SSSR count). The molecule has 20 heavy (non-hydrogen) atoms. The molecule has 0 spiro atoms. The predicted molar refractivity (Wildman–Crippen MR) is 86.5 cm³/mol. The van der Waals surface area contributed by atoms with E-state index in [2.05, 4.69) is 24.4 Å². The van der Waals surface area contributed by atoms with Crippen molar-refractivity contribution in [3.8, 4) is 0 Å². The van der Waals surface area contributed by atoms with Gasteiger partial charge in [-0.2, -0.15) is 0 Å². The Morgan fingerprint density at radius 2 is 1.85 bits per heavy atom. The Morgan fingerprint density at radius 1 is 1.25 bits per heavy atom. The van der Waals surface area contributed by atoms with Crippen LogP contribution in [0.4, 0.5) is 5.69 Å². The van der Waals surface area contributed by atoms with Gasteiger partial charge in [0.05, 0.1) is 0 Å². The molecule has 0 unspecified atom stereocenters. The number of nitrogens with two attached hydrogens (primary N) is 1. The van der Waals surface area contributed by atoms with Crippen LogP contribution in [-0.2, 0) is 4.79 Å². The number of aryl methyl sites for hydroxylation is 3. The van der Waals surface area contributed by atoms with Gasteiger partial charge in [0.15, 0.2) is 0 Å². The summed E-state index contributed by atoms with van der Waals surface area (Å²) in [6.45, 7) is 6.15. The number of rotatable bonds is 3. The van der Waals surface area contributed by atoms with Gasteiger partial charge in [-0.1, -0.05) is 24.1 Å². The van der Waals surface area contributed by atoms with Gasteiger partial charge in [-0.05, 0) is 50.7 Å². The van der Waals surface area contributed by atoms with Crippen LogP contribution in [0.5, 0.6) is 0 Å². The summed E-state index contributed by atoms with van der Waals surface area (Å²) in [5.41, 5.74) is 10.5. The maximum Gasteiger partial charge on any atom is 0.224 e. The van der Waals surface area contributed by atoms with Crippen LogP contribution in [0.15, 0.2) is 12.1 Å². The van der Waals surface area contributed by atoms with Crippen molar-refractivity contribution in [2.24, 2.45) is 11.7 Å². The van der Waals surface area contributed by atoms with Crippen molar-refractivity contribution in [3.05, 3.63) is 28.8 Å². The number of hydrogen-bond acceptors (Lipinski definition) is 2. The molecule has 0 saturated heterocycles. The van der Waals surface area contributed by atoms with Crippen LogP contribution in [0.25, 0.3) is 0 Å². The zero-order valence-electron chi connectivity index (χ0n) is 12.5. The van der Waals surface area contributed by atoms with Crippen molar-refractivity contribution in [1.29, 1.82) is 0 Å². The zero-order chi connectivity index (χ0) is 14.0. The van der Waals surface area contributed by atoms with Crippen molar-refractivity contribution < 1.29 is 4.79 Å². The number of halogens is 1. The summed E-state index contributed by atoms with van der Waals surface area (Å²) in [4.78, 5) is 12.1. The molecule has 4 heteroatoms. The summed E-state index contributed by atoms with van der Waals surface area (Å²) in [5.74, 6) is 0.448. The fourth-order valence-corrected chi connectivity index (χ4v) is 3.12. The second-order valence-corrected chi connectivity index (χ2v) is 5.88. The summed E-state index contributed by atoms with van der Waals surface area (Å²) < 4.78 is 0. The van der Waals surface area contributed by atoms with Crippen LogP contribution < -0.4 is 11.1 Å². The third-order valence-electron chi connectivity index (χ3n) is 4.11. The molecular formula is C16H25ClN2O. The molecule has 0 aliphatic heterocycles. The van der Waals surface area contributed by atoms with Crippen LogP contribution in [0.3, 0.4) is 0 Å². The number of carbonyl (C=O) groups excluding carboxylic acids is 1. The van der Waals surface area contributed by atoms with E-state index in [0.717, 1.165) is 36.1 Å². The molecule has 1 saturated carbocycles. The van der Waals surface area contributed by atoms with Crippen molar-refractivity contribution in [2.75, 3.05) is 5.32 Å². The number of carbonyl (C=O) groups is 1. The van der Waals surface area contributed by atoms with E-state index in [4.69, 9.17) is 5.73 Å². The molecule has 0 radical (unpaired) electrons. The lowest BCUT2D eigenvalue weighted by molar-refractivity contribution is -0.117. The Bertz CT molecular complexity index is 464. The Morgan fingerprint density at radius 3 is 2.35 bits per heavy atom. The first-order chi connectivity index (χ1) is 8.97. The highest BCUT2D eigenvalue weighted by molar-refractivity contribution is 5.92. The molecule has 0 heterocycles. The Labute approximate surface area is 127 Å². The molecule has 1 amide bonds. The normalized spacial score (nSPS) is 21.4. The number of nitrogens with one attached hydrogen (secondary N) is 1. The van der Waals surface area contributed by atoms with E-state index in [-0.39, 0.29) is 24.4 Å². The molecule has 112 valence electrons. The van der Waals surface area contributed by atoms with E-state index >= 15 is 0 Å². The highest BCUT2D eigenvalue weighted by Crippen LogP contribution is 2.28. The first-order valence-electron chi connectivity index (χ1n) is 7.10. The maximum atomic E-state index is 12.1. The van der Waals surface area contributed by atoms with Gasteiger partial charge in [0.1, 0.15) is 0 Å². The molecule has 3 N–H and O–H groups in total. The smallest absolute Gasteiger partial charge is 0.224 e. The maximum absolute atomic E-state index is 12.1. The highest BCUT2D eigenvalue weighted by Gasteiger charge is 2.26. The number of benzene rings is 1.